The number of rotatable bonds is 0. The van der Waals surface area contributed by atoms with Gasteiger partial charge < -0.3 is 5.11 Å². The van der Waals surface area contributed by atoms with Gasteiger partial charge in [-0.1, -0.05) is 0 Å². The van der Waals surface area contributed by atoms with Crippen molar-refractivity contribution in [3.05, 3.63) is 0 Å². The largest absolute Gasteiger partial charge is 0.390 e. The average Bonchev–Trinajstić information content (AvgIpc) is 2.77. The van der Waals surface area contributed by atoms with E-state index in [2.05, 4.69) is 0 Å². The van der Waals surface area contributed by atoms with Crippen molar-refractivity contribution < 1.29 is 5.11 Å². The molecule has 72 valence electrons. The molecular weight excluding hydrogens is 160 g/mol. The molecule has 2 unspecified atom stereocenters. The third-order valence-electron chi connectivity index (χ3n) is 5.61. The van der Waals surface area contributed by atoms with Crippen molar-refractivity contribution in [1.29, 1.82) is 0 Å². The quantitative estimate of drug-likeness (QED) is 0.603. The first-order valence-electron chi connectivity index (χ1n) is 5.93. The molecule has 5 fully saturated rings. The third-order valence-corrected chi connectivity index (χ3v) is 5.61. The lowest BCUT2D eigenvalue weighted by atomic mass is 9.48. The van der Waals surface area contributed by atoms with Gasteiger partial charge in [0.05, 0.1) is 5.60 Å². The zero-order valence-electron chi connectivity index (χ0n) is 8.13. The van der Waals surface area contributed by atoms with Gasteiger partial charge in [0.2, 0.25) is 0 Å². The van der Waals surface area contributed by atoms with E-state index in [0.717, 1.165) is 42.4 Å². The smallest absolute Gasteiger partial charge is 0.0656 e. The first-order valence-corrected chi connectivity index (χ1v) is 5.93. The van der Waals surface area contributed by atoms with Crippen LogP contribution in [0.15, 0.2) is 0 Å². The fraction of sp³-hybridized carbons (Fsp3) is 1.00. The lowest BCUT2D eigenvalue weighted by Crippen LogP contribution is -2.55. The number of aliphatic hydroxyl groups is 1. The summed E-state index contributed by atoms with van der Waals surface area (Å²) in [5, 5.41) is 10.4. The highest BCUT2D eigenvalue weighted by molar-refractivity contribution is 5.16. The van der Waals surface area contributed by atoms with E-state index in [9.17, 15) is 5.11 Å². The summed E-state index contributed by atoms with van der Waals surface area (Å²) in [5.41, 5.74) is 0.563. The lowest BCUT2D eigenvalue weighted by molar-refractivity contribution is -0.160. The number of hydrogen-bond acceptors (Lipinski definition) is 1. The summed E-state index contributed by atoms with van der Waals surface area (Å²) in [4.78, 5) is 0. The summed E-state index contributed by atoms with van der Waals surface area (Å²) >= 11 is 0. The monoisotopic (exact) mass is 178 g/mol. The maximum atomic E-state index is 10.4. The Labute approximate surface area is 79.5 Å². The van der Waals surface area contributed by atoms with E-state index < -0.39 is 0 Å². The Kier molecular flexibility index (Phi) is 1.03. The number of hydrogen-bond donors (Lipinski definition) is 1. The van der Waals surface area contributed by atoms with Crippen LogP contribution in [0.25, 0.3) is 0 Å². The molecule has 0 aliphatic heterocycles. The van der Waals surface area contributed by atoms with Gasteiger partial charge in [0.1, 0.15) is 0 Å². The van der Waals surface area contributed by atoms with Crippen LogP contribution in [0.4, 0.5) is 0 Å². The van der Waals surface area contributed by atoms with Crippen molar-refractivity contribution in [2.24, 2.45) is 23.2 Å². The van der Waals surface area contributed by atoms with Crippen molar-refractivity contribution in [2.75, 3.05) is 0 Å². The molecule has 0 aromatic heterocycles. The molecule has 5 saturated carbocycles. The van der Waals surface area contributed by atoms with Gasteiger partial charge in [0.25, 0.3) is 0 Å². The maximum Gasteiger partial charge on any atom is 0.0656 e. The molecule has 0 saturated heterocycles. The van der Waals surface area contributed by atoms with Gasteiger partial charge in [0.15, 0.2) is 0 Å². The highest BCUT2D eigenvalue weighted by atomic mass is 16.3. The van der Waals surface area contributed by atoms with Crippen LogP contribution in [-0.2, 0) is 0 Å². The average molecular weight is 178 g/mol. The second-order valence-electron chi connectivity index (χ2n) is 6.30. The molecule has 0 aromatic rings. The highest BCUT2D eigenvalue weighted by Crippen LogP contribution is 2.72. The van der Waals surface area contributed by atoms with Crippen LogP contribution in [0.5, 0.6) is 0 Å². The minimum absolute atomic E-state index is 0.204. The summed E-state index contributed by atoms with van der Waals surface area (Å²) in [7, 11) is 0. The standard InChI is InChI=1S/C12H18O/c13-11-5-8-3-9(6-11)12(1-2-12)10(4-8)7-11/h8-10,13H,1-7H2. The van der Waals surface area contributed by atoms with Gasteiger partial charge in [-0.2, -0.15) is 0 Å². The van der Waals surface area contributed by atoms with Crippen LogP contribution in [0, 0.1) is 23.2 Å². The minimum atomic E-state index is -0.204. The van der Waals surface area contributed by atoms with Gasteiger partial charge >= 0.3 is 0 Å². The topological polar surface area (TPSA) is 20.2 Å². The maximum absolute atomic E-state index is 10.4. The molecular formula is C12H18O. The summed E-state index contributed by atoms with van der Waals surface area (Å²) in [6.45, 7) is 0. The Balaban J connectivity index is 1.79. The Morgan fingerprint density at radius 1 is 0.923 bits per heavy atom. The molecule has 0 radical (unpaired) electrons. The van der Waals surface area contributed by atoms with E-state index in [1.165, 1.54) is 25.7 Å². The summed E-state index contributed by atoms with van der Waals surface area (Å²) in [5.74, 6) is 2.74. The normalized spacial score (nSPS) is 60.2. The van der Waals surface area contributed by atoms with E-state index in [0.29, 0.717) is 0 Å². The first-order chi connectivity index (χ1) is 6.20. The van der Waals surface area contributed by atoms with E-state index in [-0.39, 0.29) is 5.60 Å². The molecule has 2 atom stereocenters. The predicted molar refractivity (Wildman–Crippen MR) is 50.2 cm³/mol. The minimum Gasteiger partial charge on any atom is -0.390 e. The van der Waals surface area contributed by atoms with Crippen LogP contribution in [0.2, 0.25) is 0 Å². The molecule has 0 aromatic carbocycles. The van der Waals surface area contributed by atoms with Gasteiger partial charge in [-0.3, -0.25) is 0 Å². The molecule has 5 rings (SSSR count). The predicted octanol–water partition coefficient (Wildman–Crippen LogP) is 2.34. The Morgan fingerprint density at radius 3 is 2.00 bits per heavy atom. The summed E-state index contributed by atoms with van der Waals surface area (Å²) in [6.07, 6.45) is 9.34. The van der Waals surface area contributed by atoms with Gasteiger partial charge in [-0.15, -0.1) is 0 Å². The van der Waals surface area contributed by atoms with Crippen molar-refractivity contribution >= 4 is 0 Å². The van der Waals surface area contributed by atoms with Gasteiger partial charge in [0, 0.05) is 0 Å². The van der Waals surface area contributed by atoms with Crippen LogP contribution in [0.3, 0.4) is 0 Å². The molecule has 13 heavy (non-hydrogen) atoms. The summed E-state index contributed by atoms with van der Waals surface area (Å²) in [6, 6.07) is 0. The van der Waals surface area contributed by atoms with Crippen LogP contribution < -0.4 is 0 Å². The van der Waals surface area contributed by atoms with Crippen LogP contribution in [-0.4, -0.2) is 10.7 Å². The van der Waals surface area contributed by atoms with Crippen molar-refractivity contribution in [2.45, 2.75) is 50.5 Å². The zero-order chi connectivity index (χ0) is 8.68. The summed E-state index contributed by atoms with van der Waals surface area (Å²) < 4.78 is 0. The van der Waals surface area contributed by atoms with E-state index in [1.54, 1.807) is 0 Å². The molecule has 0 heterocycles. The molecule has 0 amide bonds. The third kappa shape index (κ3) is 0.743. The Morgan fingerprint density at radius 2 is 1.54 bits per heavy atom. The van der Waals surface area contributed by atoms with Gasteiger partial charge in [-0.05, 0) is 68.1 Å². The van der Waals surface area contributed by atoms with Crippen molar-refractivity contribution in [3.8, 4) is 0 Å². The van der Waals surface area contributed by atoms with Crippen LogP contribution in [0.1, 0.15) is 44.9 Å². The fourth-order valence-electron chi connectivity index (χ4n) is 5.11. The second-order valence-corrected chi connectivity index (χ2v) is 6.30. The van der Waals surface area contributed by atoms with E-state index >= 15 is 0 Å². The SMILES string of the molecule is OC12CC3CC(C1)C1(CC1)C(C3)C2. The molecule has 1 nitrogen and oxygen atoms in total. The highest BCUT2D eigenvalue weighted by Gasteiger charge is 2.65. The first kappa shape index (κ1) is 7.28. The molecule has 5 aliphatic rings. The lowest BCUT2D eigenvalue weighted by Gasteiger charge is -2.59. The Bertz CT molecular complexity index is 248. The molecule has 4 bridgehead atoms. The zero-order valence-corrected chi connectivity index (χ0v) is 8.13. The van der Waals surface area contributed by atoms with E-state index in [1.807, 2.05) is 0 Å². The second kappa shape index (κ2) is 1.84. The molecule has 1 spiro atoms. The van der Waals surface area contributed by atoms with Crippen LogP contribution >= 0.6 is 0 Å². The molecule has 1 N–H and O–H groups in total. The van der Waals surface area contributed by atoms with Gasteiger partial charge in [-0.25, -0.2) is 0 Å². The molecule has 1 heteroatoms. The van der Waals surface area contributed by atoms with E-state index in [4.69, 9.17) is 0 Å². The molecule has 5 aliphatic carbocycles. The Hall–Kier alpha value is -0.0400. The van der Waals surface area contributed by atoms with Crippen molar-refractivity contribution in [3.63, 3.8) is 0 Å². The van der Waals surface area contributed by atoms with Crippen molar-refractivity contribution in [1.82, 2.24) is 0 Å². The fourth-order valence-corrected chi connectivity index (χ4v) is 5.11.